The van der Waals surface area contributed by atoms with Crippen LogP contribution in [0.4, 0.5) is 0 Å². The van der Waals surface area contributed by atoms with Crippen LogP contribution in [0.2, 0.25) is 0 Å². The first kappa shape index (κ1) is 16.3. The molecule has 0 atom stereocenters. The van der Waals surface area contributed by atoms with Gasteiger partial charge in [-0.2, -0.15) is 0 Å². The van der Waals surface area contributed by atoms with Crippen molar-refractivity contribution in [1.82, 2.24) is 19.9 Å². The minimum Gasteiger partial charge on any atom is -0.345 e. The molecular weight excluding hydrogens is 320 g/mol. The van der Waals surface area contributed by atoms with E-state index in [1.807, 2.05) is 36.7 Å². The molecule has 6 heteroatoms. The van der Waals surface area contributed by atoms with Gasteiger partial charge in [-0.25, -0.2) is 4.98 Å². The Labute approximate surface area is 145 Å². The molecule has 0 aliphatic rings. The molecule has 3 heterocycles. The average molecular weight is 338 g/mol. The Bertz CT molecular complexity index is 789. The Morgan fingerprint density at radius 3 is 2.75 bits per heavy atom. The van der Waals surface area contributed by atoms with Gasteiger partial charge in [-0.1, -0.05) is 0 Å². The number of hydrogen-bond donors (Lipinski definition) is 0. The van der Waals surface area contributed by atoms with Crippen molar-refractivity contribution >= 4 is 17.2 Å². The molecule has 0 aliphatic heterocycles. The third kappa shape index (κ3) is 4.23. The van der Waals surface area contributed by atoms with Crippen LogP contribution in [0, 0.1) is 0 Å². The van der Waals surface area contributed by atoms with E-state index in [1.54, 1.807) is 29.7 Å². The van der Waals surface area contributed by atoms with Crippen LogP contribution in [-0.4, -0.2) is 39.4 Å². The molecule has 0 spiro atoms. The van der Waals surface area contributed by atoms with Gasteiger partial charge in [0.1, 0.15) is 5.01 Å². The molecule has 0 aromatic carbocycles. The molecule has 0 aliphatic carbocycles. The smallest absolute Gasteiger partial charge is 0.228 e. The minimum atomic E-state index is 0.0760. The number of rotatable bonds is 6. The number of aromatic nitrogens is 3. The van der Waals surface area contributed by atoms with E-state index in [4.69, 9.17) is 0 Å². The van der Waals surface area contributed by atoms with E-state index in [0.717, 1.165) is 22.7 Å². The van der Waals surface area contributed by atoms with Gasteiger partial charge in [-0.05, 0) is 36.2 Å². The lowest BCUT2D eigenvalue weighted by molar-refractivity contribution is -0.129. The molecule has 122 valence electrons. The summed E-state index contributed by atoms with van der Waals surface area (Å²) >= 11 is 1.54. The predicted molar refractivity (Wildman–Crippen MR) is 94.6 cm³/mol. The van der Waals surface area contributed by atoms with E-state index >= 15 is 0 Å². The van der Waals surface area contributed by atoms with Gasteiger partial charge < -0.3 is 4.90 Å². The standard InChI is InChI=1S/C18H18N4OS/c1-22(10-6-14-4-8-19-9-5-14)17(23)11-16-13-24-18(21-16)15-3-2-7-20-12-15/h2-5,7-9,12-13H,6,10-11H2,1H3. The van der Waals surface area contributed by atoms with Crippen molar-refractivity contribution in [3.63, 3.8) is 0 Å². The number of likely N-dealkylation sites (N-methyl/N-ethyl adjacent to an activating group) is 1. The molecular formula is C18H18N4OS. The van der Waals surface area contributed by atoms with Crippen LogP contribution in [0.25, 0.3) is 10.6 Å². The summed E-state index contributed by atoms with van der Waals surface area (Å²) < 4.78 is 0. The van der Waals surface area contributed by atoms with Crippen molar-refractivity contribution in [2.75, 3.05) is 13.6 Å². The third-order valence-electron chi connectivity index (χ3n) is 3.70. The lowest BCUT2D eigenvalue weighted by atomic mass is 10.2. The van der Waals surface area contributed by atoms with E-state index in [0.29, 0.717) is 13.0 Å². The van der Waals surface area contributed by atoms with Crippen LogP contribution >= 0.6 is 11.3 Å². The van der Waals surface area contributed by atoms with Crippen LogP contribution in [0.5, 0.6) is 0 Å². The summed E-state index contributed by atoms with van der Waals surface area (Å²) in [5, 5.41) is 2.84. The summed E-state index contributed by atoms with van der Waals surface area (Å²) in [6, 6.07) is 7.80. The molecule has 0 unspecified atom stereocenters. The van der Waals surface area contributed by atoms with Crippen molar-refractivity contribution in [2.24, 2.45) is 0 Å². The minimum absolute atomic E-state index is 0.0760. The Kier molecular flexibility index (Phi) is 5.28. The van der Waals surface area contributed by atoms with Crippen molar-refractivity contribution < 1.29 is 4.79 Å². The summed E-state index contributed by atoms with van der Waals surface area (Å²) in [6.45, 7) is 0.683. The maximum absolute atomic E-state index is 12.3. The first-order chi connectivity index (χ1) is 11.7. The number of thiazole rings is 1. The molecule has 3 rings (SSSR count). The topological polar surface area (TPSA) is 59.0 Å². The van der Waals surface area contributed by atoms with Crippen LogP contribution < -0.4 is 0 Å². The monoisotopic (exact) mass is 338 g/mol. The first-order valence-electron chi connectivity index (χ1n) is 7.70. The Morgan fingerprint density at radius 1 is 1.17 bits per heavy atom. The molecule has 0 fully saturated rings. The van der Waals surface area contributed by atoms with Gasteiger partial charge in [0.15, 0.2) is 0 Å². The normalized spacial score (nSPS) is 10.5. The second-order valence-electron chi connectivity index (χ2n) is 5.48. The molecule has 0 saturated carbocycles. The first-order valence-corrected chi connectivity index (χ1v) is 8.58. The second kappa shape index (κ2) is 7.79. The maximum atomic E-state index is 12.3. The third-order valence-corrected chi connectivity index (χ3v) is 4.64. The zero-order chi connectivity index (χ0) is 16.8. The highest BCUT2D eigenvalue weighted by Gasteiger charge is 2.13. The quantitative estimate of drug-likeness (QED) is 0.693. The highest BCUT2D eigenvalue weighted by Crippen LogP contribution is 2.22. The lowest BCUT2D eigenvalue weighted by Gasteiger charge is -2.16. The summed E-state index contributed by atoms with van der Waals surface area (Å²) in [7, 11) is 1.83. The summed E-state index contributed by atoms with van der Waals surface area (Å²) in [6.07, 6.45) is 8.20. The van der Waals surface area contributed by atoms with Crippen molar-refractivity contribution in [2.45, 2.75) is 12.8 Å². The van der Waals surface area contributed by atoms with Crippen molar-refractivity contribution in [3.8, 4) is 10.6 Å². The molecule has 0 bridgehead atoms. The zero-order valence-corrected chi connectivity index (χ0v) is 14.2. The van der Waals surface area contributed by atoms with Gasteiger partial charge in [0.25, 0.3) is 0 Å². The Hall–Kier alpha value is -2.60. The maximum Gasteiger partial charge on any atom is 0.228 e. The highest BCUT2D eigenvalue weighted by atomic mass is 32.1. The van der Waals surface area contributed by atoms with Crippen molar-refractivity contribution in [3.05, 3.63) is 65.7 Å². The molecule has 1 amide bonds. The molecule has 0 saturated heterocycles. The zero-order valence-electron chi connectivity index (χ0n) is 13.4. The van der Waals surface area contributed by atoms with E-state index in [2.05, 4.69) is 15.0 Å². The molecule has 3 aromatic heterocycles. The largest absolute Gasteiger partial charge is 0.345 e. The fourth-order valence-electron chi connectivity index (χ4n) is 2.27. The van der Waals surface area contributed by atoms with E-state index in [1.165, 1.54) is 16.9 Å². The molecule has 0 N–H and O–H groups in total. The van der Waals surface area contributed by atoms with Crippen LogP contribution in [-0.2, 0) is 17.6 Å². The number of pyridine rings is 2. The van der Waals surface area contributed by atoms with E-state index in [-0.39, 0.29) is 5.91 Å². The van der Waals surface area contributed by atoms with Gasteiger partial charge in [0.2, 0.25) is 5.91 Å². The molecule has 5 nitrogen and oxygen atoms in total. The number of hydrogen-bond acceptors (Lipinski definition) is 5. The van der Waals surface area contributed by atoms with Crippen LogP contribution in [0.15, 0.2) is 54.4 Å². The Balaban J connectivity index is 1.55. The SMILES string of the molecule is CN(CCc1ccncc1)C(=O)Cc1csc(-c2cccnc2)n1. The Morgan fingerprint density at radius 2 is 2.00 bits per heavy atom. The van der Waals surface area contributed by atoms with Crippen molar-refractivity contribution in [1.29, 1.82) is 0 Å². The predicted octanol–water partition coefficient (Wildman–Crippen LogP) is 2.84. The summed E-state index contributed by atoms with van der Waals surface area (Å²) in [5.74, 6) is 0.0760. The van der Waals surface area contributed by atoms with Crippen LogP contribution in [0.3, 0.4) is 0 Å². The second-order valence-corrected chi connectivity index (χ2v) is 6.34. The fourth-order valence-corrected chi connectivity index (χ4v) is 3.08. The molecule has 24 heavy (non-hydrogen) atoms. The highest BCUT2D eigenvalue weighted by molar-refractivity contribution is 7.13. The van der Waals surface area contributed by atoms with Crippen LogP contribution in [0.1, 0.15) is 11.3 Å². The summed E-state index contributed by atoms with van der Waals surface area (Å²) in [4.78, 5) is 26.7. The lowest BCUT2D eigenvalue weighted by Crippen LogP contribution is -2.30. The fraction of sp³-hybridized carbons (Fsp3) is 0.222. The van der Waals surface area contributed by atoms with Gasteiger partial charge in [0, 0.05) is 49.3 Å². The van der Waals surface area contributed by atoms with Gasteiger partial charge in [0.05, 0.1) is 12.1 Å². The van der Waals surface area contributed by atoms with Gasteiger partial charge >= 0.3 is 0 Å². The number of amides is 1. The van der Waals surface area contributed by atoms with E-state index < -0.39 is 0 Å². The summed E-state index contributed by atoms with van der Waals surface area (Å²) in [5.41, 5.74) is 2.96. The van der Waals surface area contributed by atoms with E-state index in [9.17, 15) is 4.79 Å². The number of carbonyl (C=O) groups is 1. The van der Waals surface area contributed by atoms with Gasteiger partial charge in [-0.3, -0.25) is 14.8 Å². The number of nitrogens with zero attached hydrogens (tertiary/aromatic N) is 4. The average Bonchev–Trinajstić information content (AvgIpc) is 3.10. The molecule has 3 aromatic rings. The number of carbonyl (C=O) groups excluding carboxylic acids is 1. The van der Waals surface area contributed by atoms with Gasteiger partial charge in [-0.15, -0.1) is 11.3 Å². The molecule has 0 radical (unpaired) electrons.